The number of para-hydroxylation sites is 2. The number of imidazole rings is 1. The van der Waals surface area contributed by atoms with E-state index in [-0.39, 0.29) is 11.1 Å². The molecule has 0 aliphatic rings. The van der Waals surface area contributed by atoms with Gasteiger partial charge in [0.15, 0.2) is 0 Å². The molecule has 3 heterocycles. The van der Waals surface area contributed by atoms with Crippen LogP contribution in [0.25, 0.3) is 81.9 Å². The lowest BCUT2D eigenvalue weighted by atomic mass is 10.0. The second kappa shape index (κ2) is 11.4. The van der Waals surface area contributed by atoms with Gasteiger partial charge in [-0.25, -0.2) is 9.97 Å². The summed E-state index contributed by atoms with van der Waals surface area (Å²) in [7, 11) is 0. The monoisotopic (exact) mass is 639 g/mol. The van der Waals surface area contributed by atoms with E-state index in [2.05, 4.69) is 71.3 Å². The lowest BCUT2D eigenvalue weighted by Crippen LogP contribution is -1.98. The van der Waals surface area contributed by atoms with E-state index in [4.69, 9.17) is 18.2 Å². The molecule has 0 bridgehead atoms. The molecule has 0 amide bonds. The van der Waals surface area contributed by atoms with E-state index in [1.807, 2.05) is 48.5 Å². The van der Waals surface area contributed by atoms with Gasteiger partial charge in [-0.3, -0.25) is 4.57 Å². The summed E-state index contributed by atoms with van der Waals surface area (Å²) in [6.07, 6.45) is 0. The third-order valence-electron chi connectivity index (χ3n) is 8.83. The Labute approximate surface area is 291 Å². The van der Waals surface area contributed by atoms with Crippen LogP contribution in [-0.4, -0.2) is 14.5 Å². The zero-order chi connectivity index (χ0) is 37.2. The fourth-order valence-corrected chi connectivity index (χ4v) is 7.79. The third kappa shape index (κ3) is 4.81. The van der Waals surface area contributed by atoms with Gasteiger partial charge in [0.25, 0.3) is 0 Å². The van der Waals surface area contributed by atoms with Crippen LogP contribution in [0.1, 0.15) is 19.4 Å². The van der Waals surface area contributed by atoms with Crippen molar-refractivity contribution in [3.8, 4) is 50.7 Å². The molecule has 0 spiro atoms. The normalized spacial score (nSPS) is 13.9. The van der Waals surface area contributed by atoms with E-state index in [1.165, 1.54) is 0 Å². The average Bonchev–Trinajstić information content (AvgIpc) is 3.76. The van der Waals surface area contributed by atoms with Gasteiger partial charge in [-0.2, -0.15) is 0 Å². The number of hydrogen-bond acceptors (Lipinski definition) is 3. The van der Waals surface area contributed by atoms with Crippen molar-refractivity contribution in [1.82, 2.24) is 14.5 Å². The highest BCUT2D eigenvalue weighted by atomic mass is 32.1. The molecule has 0 aliphatic heterocycles. The van der Waals surface area contributed by atoms with Crippen LogP contribution < -0.4 is 0 Å². The van der Waals surface area contributed by atoms with Gasteiger partial charge < -0.3 is 0 Å². The van der Waals surface area contributed by atoms with Gasteiger partial charge in [-0.15, -0.1) is 11.3 Å². The van der Waals surface area contributed by atoms with Crippen molar-refractivity contribution in [3.63, 3.8) is 0 Å². The number of fused-ring (bicyclic) bond motifs is 4. The van der Waals surface area contributed by atoms with Crippen molar-refractivity contribution >= 4 is 42.5 Å². The molecule has 9 aromatic rings. The smallest absolute Gasteiger partial charge is 0.147 e. The van der Waals surface area contributed by atoms with E-state index in [1.54, 1.807) is 47.7 Å². The Morgan fingerprint density at radius 2 is 1.29 bits per heavy atom. The zero-order valence-corrected chi connectivity index (χ0v) is 26.5. The Balaban J connectivity index is 1.28. The molecule has 48 heavy (non-hydrogen) atoms. The van der Waals surface area contributed by atoms with Gasteiger partial charge in [-0.05, 0) is 61.2 Å². The van der Waals surface area contributed by atoms with Crippen LogP contribution in [-0.2, 0) is 0 Å². The van der Waals surface area contributed by atoms with Crippen LogP contribution in [0.4, 0.5) is 0 Å². The minimum absolute atomic E-state index is 0.256. The maximum absolute atomic E-state index is 7.92. The summed E-state index contributed by atoms with van der Waals surface area (Å²) in [5, 5.41) is 1.96. The van der Waals surface area contributed by atoms with Crippen molar-refractivity contribution in [2.75, 3.05) is 0 Å². The van der Waals surface area contributed by atoms with Gasteiger partial charge in [-0.1, -0.05) is 126 Å². The summed E-state index contributed by atoms with van der Waals surface area (Å²) in [6, 6.07) is 49.1. The highest BCUT2D eigenvalue weighted by molar-refractivity contribution is 7.26. The van der Waals surface area contributed by atoms with Crippen molar-refractivity contribution in [2.45, 2.75) is 13.7 Å². The van der Waals surface area contributed by atoms with Crippen molar-refractivity contribution in [1.29, 1.82) is 0 Å². The molecule has 0 saturated carbocycles. The number of pyridine rings is 1. The molecule has 4 heteroatoms. The van der Waals surface area contributed by atoms with Crippen LogP contribution in [0.15, 0.2) is 152 Å². The van der Waals surface area contributed by atoms with Gasteiger partial charge >= 0.3 is 0 Å². The van der Waals surface area contributed by atoms with E-state index in [9.17, 15) is 0 Å². The number of aryl methyl sites for hydroxylation is 2. The number of nitrogens with zero attached hydrogens (tertiary/aromatic N) is 3. The van der Waals surface area contributed by atoms with Crippen LogP contribution in [0, 0.1) is 13.7 Å². The first-order valence-corrected chi connectivity index (χ1v) is 16.6. The highest BCUT2D eigenvalue weighted by Gasteiger charge is 2.21. The molecule has 0 atom stereocenters. The molecule has 0 aliphatic carbocycles. The van der Waals surface area contributed by atoms with Gasteiger partial charge in [0, 0.05) is 50.8 Å². The molecule has 0 unspecified atom stereocenters. The van der Waals surface area contributed by atoms with Gasteiger partial charge in [0.2, 0.25) is 0 Å². The number of rotatable bonds is 5. The SMILES string of the molecule is [2H]C([2H])([2H])c1ccc(-c2cc3sc4c(-c5nc6ccccc6n5-c5cccc(-c6ccccc6)c5)cccc4c3c(-c3ccc(C([2H])([2H])[2H])cc3)n2)cc1. The molecule has 228 valence electrons. The fourth-order valence-electron chi connectivity index (χ4n) is 6.54. The molecule has 3 aromatic heterocycles. The summed E-state index contributed by atoms with van der Waals surface area (Å²) in [4.78, 5) is 10.4. The third-order valence-corrected chi connectivity index (χ3v) is 10.0. The number of thiophene rings is 1. The van der Waals surface area contributed by atoms with E-state index in [0.717, 1.165) is 70.5 Å². The average molecular weight is 640 g/mol. The lowest BCUT2D eigenvalue weighted by molar-refractivity contribution is 1.11. The molecule has 3 nitrogen and oxygen atoms in total. The summed E-state index contributed by atoms with van der Waals surface area (Å²) in [5.41, 5.74) is 9.57. The quantitative estimate of drug-likeness (QED) is 0.188. The Morgan fingerprint density at radius 1 is 0.583 bits per heavy atom. The summed E-state index contributed by atoms with van der Waals surface area (Å²) in [5.74, 6) is 0.815. The van der Waals surface area contributed by atoms with E-state index in [0.29, 0.717) is 11.4 Å². The topological polar surface area (TPSA) is 30.7 Å². The first-order chi connectivity index (χ1) is 26.0. The largest absolute Gasteiger partial charge is 0.292 e. The minimum Gasteiger partial charge on any atom is -0.292 e. The predicted octanol–water partition coefficient (Wildman–Crippen LogP) is 12.1. The van der Waals surface area contributed by atoms with Gasteiger partial charge in [0.1, 0.15) is 5.82 Å². The minimum atomic E-state index is -2.23. The molecule has 0 fully saturated rings. The molecule has 6 aromatic carbocycles. The predicted molar refractivity (Wildman–Crippen MR) is 203 cm³/mol. The maximum atomic E-state index is 7.92. The molecular formula is C44H31N3S. The van der Waals surface area contributed by atoms with Crippen LogP contribution in [0.2, 0.25) is 0 Å². The van der Waals surface area contributed by atoms with Crippen LogP contribution in [0.5, 0.6) is 0 Å². The second-order valence-corrected chi connectivity index (χ2v) is 12.9. The second-order valence-electron chi connectivity index (χ2n) is 11.8. The van der Waals surface area contributed by atoms with E-state index < -0.39 is 13.7 Å². The maximum Gasteiger partial charge on any atom is 0.147 e. The van der Waals surface area contributed by atoms with Crippen LogP contribution >= 0.6 is 11.3 Å². The summed E-state index contributed by atoms with van der Waals surface area (Å²) < 4.78 is 51.6. The first kappa shape index (κ1) is 22.6. The Hall–Kier alpha value is -5.84. The van der Waals surface area contributed by atoms with Gasteiger partial charge in [0.05, 0.1) is 22.4 Å². The Morgan fingerprint density at radius 3 is 2.08 bits per heavy atom. The molecule has 9 rings (SSSR count). The van der Waals surface area contributed by atoms with Crippen LogP contribution in [0.3, 0.4) is 0 Å². The highest BCUT2D eigenvalue weighted by Crippen LogP contribution is 2.45. The van der Waals surface area contributed by atoms with Crippen molar-refractivity contribution in [3.05, 3.63) is 163 Å². The number of benzene rings is 6. The molecule has 0 saturated heterocycles. The fraction of sp³-hybridized carbons (Fsp3) is 0.0455. The van der Waals surface area contributed by atoms with E-state index >= 15 is 0 Å². The standard InChI is InChI=1S/C44H31N3S/c1-28-18-22-31(23-19-28)38-27-40-41(42(45-38)32-24-20-29(2)21-25-32)35-14-9-15-36(43(35)48-40)44-46-37-16-6-7-17-39(37)47(44)34-13-8-12-33(26-34)30-10-4-3-5-11-30/h3-27H,1-2H3/i1D3,2D3. The Kier molecular flexibility index (Phi) is 5.40. The summed E-state index contributed by atoms with van der Waals surface area (Å²) >= 11 is 1.66. The Bertz CT molecular complexity index is 2840. The van der Waals surface area contributed by atoms with Crippen molar-refractivity contribution < 1.29 is 8.22 Å². The van der Waals surface area contributed by atoms with Crippen molar-refractivity contribution in [2.24, 2.45) is 0 Å². The lowest BCUT2D eigenvalue weighted by Gasteiger charge is -2.12. The number of hydrogen-bond donors (Lipinski definition) is 0. The first-order valence-electron chi connectivity index (χ1n) is 18.7. The zero-order valence-electron chi connectivity index (χ0n) is 31.7. The molecule has 0 radical (unpaired) electrons. The molecular weight excluding hydrogens is 603 g/mol. The molecule has 0 N–H and O–H groups in total. The summed E-state index contributed by atoms with van der Waals surface area (Å²) in [6.45, 7) is -4.45. The number of aromatic nitrogens is 3.